The van der Waals surface area contributed by atoms with Crippen molar-refractivity contribution in [2.75, 3.05) is 13.2 Å². The average molecular weight is 325 g/mol. The van der Waals surface area contributed by atoms with Crippen molar-refractivity contribution in [3.05, 3.63) is 54.1 Å². The molecule has 4 nitrogen and oxygen atoms in total. The standard InChI is InChI=1S/C20H27N3O/c1-22-12-10-21-20(22)14-23-11-9-19(24-15-17-7-8-17)18(23)13-16-5-3-2-4-6-16/h2-6,10,12,17-19H,7-9,11,13-15H2,1H3/t18-,19-/m1/s1. The third-order valence-corrected chi connectivity index (χ3v) is 5.40. The van der Waals surface area contributed by atoms with Crippen molar-refractivity contribution in [1.82, 2.24) is 14.5 Å². The molecule has 1 saturated heterocycles. The van der Waals surface area contributed by atoms with Crippen molar-refractivity contribution in [3.63, 3.8) is 0 Å². The highest BCUT2D eigenvalue weighted by Gasteiger charge is 2.36. The summed E-state index contributed by atoms with van der Waals surface area (Å²) in [5.41, 5.74) is 1.40. The molecule has 0 bridgehead atoms. The predicted octanol–water partition coefficient (Wildman–Crippen LogP) is 3.03. The SMILES string of the molecule is Cn1ccnc1CN1CC[C@@H](OCC2CC2)[C@H]1Cc1ccccc1. The number of nitrogens with zero attached hydrogens (tertiary/aromatic N) is 3. The summed E-state index contributed by atoms with van der Waals surface area (Å²) in [5, 5.41) is 0. The topological polar surface area (TPSA) is 30.3 Å². The van der Waals surface area contributed by atoms with Gasteiger partial charge in [-0.1, -0.05) is 30.3 Å². The zero-order valence-corrected chi connectivity index (χ0v) is 14.5. The molecule has 0 radical (unpaired) electrons. The molecular formula is C20H27N3O. The van der Waals surface area contributed by atoms with Crippen LogP contribution >= 0.6 is 0 Å². The van der Waals surface area contributed by atoms with Gasteiger partial charge in [0.1, 0.15) is 5.82 Å². The first-order valence-corrected chi connectivity index (χ1v) is 9.15. The molecule has 24 heavy (non-hydrogen) atoms. The molecule has 2 aliphatic rings. The van der Waals surface area contributed by atoms with Gasteiger partial charge in [-0.05, 0) is 37.2 Å². The maximum atomic E-state index is 6.32. The van der Waals surface area contributed by atoms with Gasteiger partial charge in [0.15, 0.2) is 0 Å². The Labute approximate surface area is 144 Å². The van der Waals surface area contributed by atoms with E-state index in [0.717, 1.165) is 44.3 Å². The van der Waals surface area contributed by atoms with Gasteiger partial charge < -0.3 is 9.30 Å². The van der Waals surface area contributed by atoms with Gasteiger partial charge in [-0.3, -0.25) is 4.90 Å². The Bertz CT molecular complexity index is 650. The van der Waals surface area contributed by atoms with Crippen molar-refractivity contribution in [3.8, 4) is 0 Å². The van der Waals surface area contributed by atoms with Gasteiger partial charge >= 0.3 is 0 Å². The summed E-state index contributed by atoms with van der Waals surface area (Å²) in [4.78, 5) is 7.07. The first-order valence-electron chi connectivity index (χ1n) is 9.15. The lowest BCUT2D eigenvalue weighted by molar-refractivity contribution is 0.0192. The highest BCUT2D eigenvalue weighted by molar-refractivity contribution is 5.17. The fourth-order valence-electron chi connectivity index (χ4n) is 3.67. The summed E-state index contributed by atoms with van der Waals surface area (Å²) in [7, 11) is 2.08. The number of aryl methyl sites for hydroxylation is 1. The molecule has 1 aromatic carbocycles. The molecule has 1 aromatic heterocycles. The van der Waals surface area contributed by atoms with Gasteiger partial charge in [-0.15, -0.1) is 0 Å². The Kier molecular flexibility index (Phi) is 4.67. The van der Waals surface area contributed by atoms with E-state index in [9.17, 15) is 0 Å². The number of rotatable bonds is 7. The number of benzene rings is 1. The molecule has 4 heteroatoms. The Hall–Kier alpha value is -1.65. The van der Waals surface area contributed by atoms with E-state index in [0.29, 0.717) is 12.1 Å². The van der Waals surface area contributed by atoms with Gasteiger partial charge in [-0.25, -0.2) is 4.98 Å². The summed E-state index contributed by atoms with van der Waals surface area (Å²) in [5.74, 6) is 1.96. The van der Waals surface area contributed by atoms with E-state index >= 15 is 0 Å². The van der Waals surface area contributed by atoms with Gasteiger partial charge in [0.25, 0.3) is 0 Å². The number of aromatic nitrogens is 2. The van der Waals surface area contributed by atoms with Crippen LogP contribution < -0.4 is 0 Å². The summed E-state index contributed by atoms with van der Waals surface area (Å²) >= 11 is 0. The minimum atomic E-state index is 0.353. The number of ether oxygens (including phenoxy) is 1. The normalized spacial score (nSPS) is 24.5. The van der Waals surface area contributed by atoms with E-state index < -0.39 is 0 Å². The van der Waals surface area contributed by atoms with E-state index in [-0.39, 0.29) is 0 Å². The fraction of sp³-hybridized carbons (Fsp3) is 0.550. The van der Waals surface area contributed by atoms with Crippen LogP contribution in [0, 0.1) is 5.92 Å². The minimum absolute atomic E-state index is 0.353. The second kappa shape index (κ2) is 7.08. The molecule has 0 amide bonds. The van der Waals surface area contributed by atoms with Gasteiger partial charge in [0.05, 0.1) is 12.6 Å². The largest absolute Gasteiger partial charge is 0.376 e. The van der Waals surface area contributed by atoms with Crippen LogP contribution in [-0.4, -0.2) is 39.7 Å². The number of hydrogen-bond donors (Lipinski definition) is 0. The maximum absolute atomic E-state index is 6.32. The van der Waals surface area contributed by atoms with Crippen LogP contribution in [0.1, 0.15) is 30.7 Å². The molecule has 0 N–H and O–H groups in total. The van der Waals surface area contributed by atoms with Crippen molar-refractivity contribution in [2.24, 2.45) is 13.0 Å². The zero-order chi connectivity index (χ0) is 16.4. The second-order valence-electron chi connectivity index (χ2n) is 7.29. The van der Waals surface area contributed by atoms with Gasteiger partial charge in [0, 0.05) is 38.6 Å². The first-order chi connectivity index (χ1) is 11.8. The average Bonchev–Trinajstić information content (AvgIpc) is 3.24. The number of imidazole rings is 1. The molecule has 4 rings (SSSR count). The van der Waals surface area contributed by atoms with Crippen LogP contribution in [0.5, 0.6) is 0 Å². The van der Waals surface area contributed by atoms with Crippen molar-refractivity contribution >= 4 is 0 Å². The van der Waals surface area contributed by atoms with Crippen LogP contribution in [0.25, 0.3) is 0 Å². The van der Waals surface area contributed by atoms with E-state index in [4.69, 9.17) is 4.74 Å². The van der Waals surface area contributed by atoms with Crippen LogP contribution in [0.4, 0.5) is 0 Å². The summed E-state index contributed by atoms with van der Waals surface area (Å²) in [6.07, 6.45) is 9.17. The van der Waals surface area contributed by atoms with Crippen molar-refractivity contribution in [2.45, 2.75) is 44.4 Å². The van der Waals surface area contributed by atoms with E-state index in [2.05, 4.69) is 51.8 Å². The van der Waals surface area contributed by atoms with Gasteiger partial charge in [-0.2, -0.15) is 0 Å². The molecule has 2 aromatic rings. The quantitative estimate of drug-likeness (QED) is 0.784. The third-order valence-electron chi connectivity index (χ3n) is 5.40. The Balaban J connectivity index is 1.47. The third kappa shape index (κ3) is 3.70. The maximum Gasteiger partial charge on any atom is 0.122 e. The lowest BCUT2D eigenvalue weighted by Gasteiger charge is -2.28. The van der Waals surface area contributed by atoms with E-state index in [1.54, 1.807) is 0 Å². The van der Waals surface area contributed by atoms with E-state index in [1.165, 1.54) is 18.4 Å². The lowest BCUT2D eigenvalue weighted by Crippen LogP contribution is -2.38. The van der Waals surface area contributed by atoms with Crippen LogP contribution in [-0.2, 0) is 24.8 Å². The Morgan fingerprint density at radius 1 is 1.17 bits per heavy atom. The molecule has 1 aliphatic carbocycles. The zero-order valence-electron chi connectivity index (χ0n) is 14.5. The summed E-state index contributed by atoms with van der Waals surface area (Å²) in [6, 6.07) is 11.3. The van der Waals surface area contributed by atoms with Crippen LogP contribution in [0.15, 0.2) is 42.7 Å². The van der Waals surface area contributed by atoms with Gasteiger partial charge in [0.2, 0.25) is 0 Å². The van der Waals surface area contributed by atoms with Crippen LogP contribution in [0.3, 0.4) is 0 Å². The minimum Gasteiger partial charge on any atom is -0.376 e. The molecule has 1 aliphatic heterocycles. The highest BCUT2D eigenvalue weighted by Crippen LogP contribution is 2.32. The molecule has 0 unspecified atom stereocenters. The smallest absolute Gasteiger partial charge is 0.122 e. The molecule has 2 fully saturated rings. The molecule has 2 atom stereocenters. The lowest BCUT2D eigenvalue weighted by atomic mass is 10.0. The predicted molar refractivity (Wildman–Crippen MR) is 94.6 cm³/mol. The Morgan fingerprint density at radius 3 is 2.71 bits per heavy atom. The monoisotopic (exact) mass is 325 g/mol. The summed E-state index contributed by atoms with van der Waals surface area (Å²) in [6.45, 7) is 2.95. The molecule has 0 spiro atoms. The highest BCUT2D eigenvalue weighted by atomic mass is 16.5. The van der Waals surface area contributed by atoms with Crippen molar-refractivity contribution < 1.29 is 4.74 Å². The molecule has 2 heterocycles. The molecule has 128 valence electrons. The van der Waals surface area contributed by atoms with E-state index in [1.807, 2.05) is 12.4 Å². The molecular weight excluding hydrogens is 298 g/mol. The van der Waals surface area contributed by atoms with Crippen molar-refractivity contribution in [1.29, 1.82) is 0 Å². The number of hydrogen-bond acceptors (Lipinski definition) is 3. The molecule has 1 saturated carbocycles. The number of likely N-dealkylation sites (tertiary alicyclic amines) is 1. The first kappa shape index (κ1) is 15.9. The second-order valence-corrected chi connectivity index (χ2v) is 7.29. The fourth-order valence-corrected chi connectivity index (χ4v) is 3.67. The summed E-state index contributed by atoms with van der Waals surface area (Å²) < 4.78 is 8.45. The Morgan fingerprint density at radius 2 is 2.00 bits per heavy atom. The van der Waals surface area contributed by atoms with Crippen LogP contribution in [0.2, 0.25) is 0 Å².